The Kier molecular flexibility index (Phi) is 6.41. The molecule has 1 aromatic rings. The predicted octanol–water partition coefficient (Wildman–Crippen LogP) is 5.87. The summed E-state index contributed by atoms with van der Waals surface area (Å²) in [5.41, 5.74) is 0.148. The first kappa shape index (κ1) is 16.7. The maximum Gasteiger partial charge on any atom is 0.287 e. The number of azo groups is 1. The van der Waals surface area contributed by atoms with Gasteiger partial charge in [-0.15, -0.1) is 10.2 Å². The molecule has 0 unspecified atom stereocenters. The molecule has 0 N–H and O–H groups in total. The predicted molar refractivity (Wildman–Crippen MR) is 84.3 cm³/mol. The third-order valence-electron chi connectivity index (χ3n) is 1.71. The van der Waals surface area contributed by atoms with Crippen LogP contribution in [0.1, 0.15) is 0 Å². The zero-order valence-corrected chi connectivity index (χ0v) is 14.4. The highest BCUT2D eigenvalue weighted by Gasteiger charge is 2.32. The van der Waals surface area contributed by atoms with Crippen LogP contribution in [0.2, 0.25) is 15.1 Å². The molecule has 0 saturated carbocycles. The largest absolute Gasteiger partial charge is 0.293 e. The van der Waals surface area contributed by atoms with Gasteiger partial charge in [0.15, 0.2) is 0 Å². The Morgan fingerprint density at radius 2 is 1.72 bits per heavy atom. The van der Waals surface area contributed by atoms with Gasteiger partial charge in [-0.3, -0.25) is 4.79 Å². The second-order valence-electron chi connectivity index (χ2n) is 3.02. The minimum Gasteiger partial charge on any atom is -0.293 e. The highest BCUT2D eigenvalue weighted by atomic mass is 127. The molecule has 0 aromatic heterocycles. The van der Waals surface area contributed by atoms with E-state index in [1.807, 2.05) is 22.6 Å². The summed E-state index contributed by atoms with van der Waals surface area (Å²) in [6.45, 7) is 0. The molecule has 0 amide bonds. The van der Waals surface area contributed by atoms with Crippen molar-refractivity contribution in [3.8, 4) is 0 Å². The quantitative estimate of drug-likeness (QED) is 0.240. The number of carbonyl (C=O) groups excluding carboxylic acids is 1. The number of hydrogen-bond donors (Lipinski definition) is 0. The average molecular weight is 460 g/mol. The van der Waals surface area contributed by atoms with E-state index in [1.54, 1.807) is 0 Å². The molecule has 0 atom stereocenters. The zero-order valence-electron chi connectivity index (χ0n) is 8.43. The summed E-state index contributed by atoms with van der Waals surface area (Å²) in [5, 5.41) is 7.96. The number of alkyl halides is 3. The number of halogens is 6. The van der Waals surface area contributed by atoms with Crippen LogP contribution in [0.25, 0.3) is 0 Å². The lowest BCUT2D eigenvalue weighted by molar-refractivity contribution is -0.116. The van der Waals surface area contributed by atoms with Crippen molar-refractivity contribution in [3.63, 3.8) is 0 Å². The van der Waals surface area contributed by atoms with Crippen LogP contribution in [0.5, 0.6) is 0 Å². The van der Waals surface area contributed by atoms with Gasteiger partial charge in [0.25, 0.3) is 4.46 Å². The first-order valence-corrected chi connectivity index (χ1v) is 7.74. The topological polar surface area (TPSA) is 41.8 Å². The molecule has 0 saturated heterocycles. The van der Waals surface area contributed by atoms with Crippen LogP contribution in [-0.2, 0) is 4.79 Å². The van der Waals surface area contributed by atoms with Gasteiger partial charge >= 0.3 is 0 Å². The van der Waals surface area contributed by atoms with Crippen LogP contribution >= 0.6 is 80.6 Å². The molecule has 0 radical (unpaired) electrons. The Labute approximate surface area is 142 Å². The van der Waals surface area contributed by atoms with Crippen LogP contribution in [0, 0.1) is 0 Å². The Balaban J connectivity index is 3.09. The van der Waals surface area contributed by atoms with Gasteiger partial charge in [-0.1, -0.05) is 80.6 Å². The van der Waals surface area contributed by atoms with Gasteiger partial charge in [-0.2, -0.15) is 0 Å². The fourth-order valence-electron chi connectivity index (χ4n) is 0.879. The van der Waals surface area contributed by atoms with Crippen molar-refractivity contribution >= 4 is 92.1 Å². The van der Waals surface area contributed by atoms with Crippen molar-refractivity contribution in [1.29, 1.82) is 0 Å². The van der Waals surface area contributed by atoms with Crippen molar-refractivity contribution in [2.75, 3.05) is 4.43 Å². The lowest BCUT2D eigenvalue weighted by Crippen LogP contribution is -2.23. The number of nitrogens with zero attached hydrogens (tertiary/aromatic N) is 2. The number of Topliss-reactive ketones (excluding diaryl/α,β-unsaturated/α-hetero) is 1. The summed E-state index contributed by atoms with van der Waals surface area (Å²) in [5.74, 6) is -0.489. The number of hydrogen-bond acceptors (Lipinski definition) is 3. The van der Waals surface area contributed by atoms with Crippen LogP contribution in [-0.4, -0.2) is 14.7 Å². The third kappa shape index (κ3) is 4.35. The van der Waals surface area contributed by atoms with Crippen molar-refractivity contribution in [2.24, 2.45) is 10.2 Å². The van der Waals surface area contributed by atoms with Gasteiger partial charge in [0.2, 0.25) is 5.78 Å². The Bertz CT molecular complexity index is 483. The number of carbonyl (C=O) groups is 1. The molecular weight excluding hydrogens is 456 g/mol. The van der Waals surface area contributed by atoms with E-state index < -0.39 is 10.2 Å². The van der Waals surface area contributed by atoms with E-state index in [4.69, 9.17) is 58.0 Å². The second kappa shape index (κ2) is 6.90. The fraction of sp³-hybridized carbons (Fsp3) is 0.222. The van der Waals surface area contributed by atoms with Gasteiger partial charge in [-0.05, 0) is 12.1 Å². The van der Waals surface area contributed by atoms with E-state index in [-0.39, 0.29) is 20.2 Å². The average Bonchev–Trinajstić information content (AvgIpc) is 2.26. The molecule has 9 heteroatoms. The van der Waals surface area contributed by atoms with E-state index in [1.165, 1.54) is 12.1 Å². The zero-order chi connectivity index (χ0) is 13.9. The highest BCUT2D eigenvalue weighted by Crippen LogP contribution is 2.37. The molecule has 3 nitrogen and oxygen atoms in total. The molecule has 0 fully saturated rings. The molecular formula is C9H4Cl5IN2O. The molecule has 0 heterocycles. The molecule has 98 valence electrons. The molecule has 18 heavy (non-hydrogen) atoms. The van der Waals surface area contributed by atoms with Crippen molar-refractivity contribution < 1.29 is 4.79 Å². The smallest absolute Gasteiger partial charge is 0.287 e. The van der Waals surface area contributed by atoms with Gasteiger partial charge in [-0.25, -0.2) is 0 Å². The standard InChI is InChI=1S/C9H4Cl5IN2O/c10-4-1-5(11)8(6(12)2-4)16-17-9(13,14)7(18)3-15/h1-2H,3H2/b17-16+. The van der Waals surface area contributed by atoms with Crippen LogP contribution < -0.4 is 0 Å². The summed E-state index contributed by atoms with van der Waals surface area (Å²) in [6, 6.07) is 2.88. The van der Waals surface area contributed by atoms with E-state index in [2.05, 4.69) is 10.2 Å². The van der Waals surface area contributed by atoms with E-state index in [9.17, 15) is 4.79 Å². The Morgan fingerprint density at radius 3 is 2.17 bits per heavy atom. The first-order valence-electron chi connectivity index (χ1n) is 4.32. The van der Waals surface area contributed by atoms with Crippen LogP contribution in [0.4, 0.5) is 5.69 Å². The number of ketones is 1. The second-order valence-corrected chi connectivity index (χ2v) is 6.32. The van der Waals surface area contributed by atoms with Crippen molar-refractivity contribution in [2.45, 2.75) is 4.46 Å². The van der Waals surface area contributed by atoms with Gasteiger partial charge in [0.1, 0.15) is 5.69 Å². The molecule has 1 aromatic carbocycles. The number of benzene rings is 1. The summed E-state index contributed by atoms with van der Waals surface area (Å²) in [6.07, 6.45) is 0. The fourth-order valence-corrected chi connectivity index (χ4v) is 2.98. The van der Waals surface area contributed by atoms with Crippen molar-refractivity contribution in [1.82, 2.24) is 0 Å². The minimum absolute atomic E-state index is 0.103. The van der Waals surface area contributed by atoms with E-state index >= 15 is 0 Å². The molecule has 0 spiro atoms. The third-order valence-corrected chi connectivity index (χ3v) is 3.77. The normalized spacial score (nSPS) is 12.1. The maximum atomic E-state index is 11.4. The highest BCUT2D eigenvalue weighted by molar-refractivity contribution is 14.1. The summed E-state index contributed by atoms with van der Waals surface area (Å²) >= 11 is 30.7. The lowest BCUT2D eigenvalue weighted by atomic mass is 10.3. The SMILES string of the molecule is O=C(CI)C(Cl)(Cl)/N=N/c1c(Cl)cc(Cl)cc1Cl. The molecule has 0 aliphatic heterocycles. The monoisotopic (exact) mass is 458 g/mol. The van der Waals surface area contributed by atoms with Crippen LogP contribution in [0.3, 0.4) is 0 Å². The van der Waals surface area contributed by atoms with Gasteiger partial charge < -0.3 is 0 Å². The van der Waals surface area contributed by atoms with E-state index in [0.29, 0.717) is 5.02 Å². The summed E-state index contributed by atoms with van der Waals surface area (Å²) < 4.78 is -1.85. The molecule has 1 rings (SSSR count). The Morgan fingerprint density at radius 1 is 1.22 bits per heavy atom. The number of rotatable bonds is 4. The van der Waals surface area contributed by atoms with Crippen LogP contribution in [0.15, 0.2) is 22.4 Å². The summed E-state index contributed by atoms with van der Waals surface area (Å²) in [7, 11) is 0. The Hall–Kier alpha value is 0.670. The summed E-state index contributed by atoms with van der Waals surface area (Å²) in [4.78, 5) is 11.4. The molecule has 0 bridgehead atoms. The van der Waals surface area contributed by atoms with E-state index in [0.717, 1.165) is 0 Å². The van der Waals surface area contributed by atoms with Gasteiger partial charge in [0.05, 0.1) is 14.5 Å². The minimum atomic E-state index is -1.95. The van der Waals surface area contributed by atoms with Gasteiger partial charge in [0, 0.05) is 5.02 Å². The molecule has 0 aliphatic carbocycles. The first-order chi connectivity index (χ1) is 8.27. The molecule has 0 aliphatic rings. The maximum absolute atomic E-state index is 11.4. The lowest BCUT2D eigenvalue weighted by Gasteiger charge is -2.09. The van der Waals surface area contributed by atoms with Crippen molar-refractivity contribution in [3.05, 3.63) is 27.2 Å².